The summed E-state index contributed by atoms with van der Waals surface area (Å²) in [5, 5.41) is 16.5. The molecule has 5 nitrogen and oxygen atoms in total. The van der Waals surface area contributed by atoms with Gasteiger partial charge in [0, 0.05) is 18.2 Å². The molecule has 0 saturated heterocycles. The zero-order valence-electron chi connectivity index (χ0n) is 14.1. The van der Waals surface area contributed by atoms with Crippen molar-refractivity contribution in [1.29, 1.82) is 0 Å². The molecule has 6 heteroatoms. The Morgan fingerprint density at radius 3 is 2.76 bits per heavy atom. The Morgan fingerprint density at radius 1 is 1.12 bits per heavy atom. The van der Waals surface area contributed by atoms with Crippen LogP contribution in [0.25, 0.3) is 21.7 Å². The van der Waals surface area contributed by atoms with Crippen LogP contribution in [0.5, 0.6) is 0 Å². The van der Waals surface area contributed by atoms with Gasteiger partial charge in [-0.1, -0.05) is 25.3 Å². The third kappa shape index (κ3) is 3.37. The molecule has 1 saturated carbocycles. The van der Waals surface area contributed by atoms with Gasteiger partial charge < -0.3 is 10.4 Å². The highest BCUT2D eigenvalue weighted by Gasteiger charge is 2.31. The van der Waals surface area contributed by atoms with Crippen LogP contribution in [0.1, 0.15) is 32.1 Å². The smallest absolute Gasteiger partial charge is 0.181 e. The number of hydrogen-bond donors (Lipinski definition) is 2. The van der Waals surface area contributed by atoms with Crippen LogP contribution < -0.4 is 5.32 Å². The number of nitrogens with one attached hydrogen (secondary N) is 1. The first kappa shape index (κ1) is 16.4. The lowest BCUT2D eigenvalue weighted by atomic mass is 9.74. The second-order valence-corrected chi connectivity index (χ2v) is 7.72. The van der Waals surface area contributed by atoms with Crippen LogP contribution in [0.2, 0.25) is 0 Å². The number of fused-ring (bicyclic) bond motifs is 1. The standard InChI is InChI=1S/C19H22N4OS/c24-13-19(8-3-1-4-9-19)12-21-16-14-7-11-25-18(14)23-17(22-16)15-6-2-5-10-20-15/h2,5-7,10-11,24H,1,3-4,8-9,12-13H2,(H,21,22,23). The van der Waals surface area contributed by atoms with E-state index in [2.05, 4.69) is 21.4 Å². The molecule has 3 heterocycles. The van der Waals surface area contributed by atoms with Crippen molar-refractivity contribution in [2.45, 2.75) is 32.1 Å². The number of aliphatic hydroxyl groups is 1. The molecule has 0 bridgehead atoms. The molecule has 0 atom stereocenters. The van der Waals surface area contributed by atoms with Crippen LogP contribution in [-0.2, 0) is 0 Å². The van der Waals surface area contributed by atoms with Crippen molar-refractivity contribution in [3.05, 3.63) is 35.8 Å². The van der Waals surface area contributed by atoms with E-state index in [4.69, 9.17) is 4.98 Å². The topological polar surface area (TPSA) is 70.9 Å². The normalized spacial score (nSPS) is 16.8. The molecule has 0 radical (unpaired) electrons. The highest BCUT2D eigenvalue weighted by atomic mass is 32.1. The van der Waals surface area contributed by atoms with Gasteiger partial charge in [0.15, 0.2) is 5.82 Å². The Morgan fingerprint density at radius 2 is 2.00 bits per heavy atom. The van der Waals surface area contributed by atoms with Crippen molar-refractivity contribution in [3.63, 3.8) is 0 Å². The highest BCUT2D eigenvalue weighted by Crippen LogP contribution is 2.37. The molecule has 2 N–H and O–H groups in total. The van der Waals surface area contributed by atoms with Crippen LogP contribution in [-0.4, -0.2) is 33.2 Å². The summed E-state index contributed by atoms with van der Waals surface area (Å²) < 4.78 is 0. The maximum absolute atomic E-state index is 9.94. The summed E-state index contributed by atoms with van der Waals surface area (Å²) in [6, 6.07) is 7.81. The minimum atomic E-state index is -0.0310. The molecule has 130 valence electrons. The number of thiophene rings is 1. The number of aliphatic hydroxyl groups excluding tert-OH is 1. The van der Waals surface area contributed by atoms with E-state index in [1.54, 1.807) is 17.5 Å². The molecule has 25 heavy (non-hydrogen) atoms. The number of rotatable bonds is 5. The molecule has 0 unspecified atom stereocenters. The van der Waals surface area contributed by atoms with Gasteiger partial charge in [-0.05, 0) is 36.4 Å². The first-order valence-electron chi connectivity index (χ1n) is 8.81. The van der Waals surface area contributed by atoms with E-state index in [1.165, 1.54) is 19.3 Å². The molecule has 1 aliphatic carbocycles. The third-order valence-electron chi connectivity index (χ3n) is 5.10. The summed E-state index contributed by atoms with van der Waals surface area (Å²) in [6.45, 7) is 0.970. The van der Waals surface area contributed by atoms with E-state index in [-0.39, 0.29) is 12.0 Å². The SMILES string of the molecule is OCC1(CNc2nc(-c3ccccn3)nc3sccc23)CCCCC1. The molecule has 4 rings (SSSR count). The van der Waals surface area contributed by atoms with Gasteiger partial charge in [-0.15, -0.1) is 11.3 Å². The number of hydrogen-bond acceptors (Lipinski definition) is 6. The van der Waals surface area contributed by atoms with Crippen molar-refractivity contribution < 1.29 is 5.11 Å². The quantitative estimate of drug-likeness (QED) is 0.721. The van der Waals surface area contributed by atoms with Gasteiger partial charge in [-0.25, -0.2) is 9.97 Å². The molecule has 0 aromatic carbocycles. The van der Waals surface area contributed by atoms with Crippen LogP contribution >= 0.6 is 11.3 Å². The predicted octanol–water partition coefficient (Wildman–Crippen LogP) is 4.11. The molecule has 1 fully saturated rings. The second kappa shape index (κ2) is 7.06. The van der Waals surface area contributed by atoms with E-state index >= 15 is 0 Å². The summed E-state index contributed by atoms with van der Waals surface area (Å²) in [6.07, 6.45) is 7.56. The number of anilines is 1. The van der Waals surface area contributed by atoms with Crippen LogP contribution in [0, 0.1) is 5.41 Å². The molecule has 0 spiro atoms. The monoisotopic (exact) mass is 354 g/mol. The predicted molar refractivity (Wildman–Crippen MR) is 102 cm³/mol. The minimum absolute atomic E-state index is 0.0310. The Kier molecular flexibility index (Phi) is 4.63. The van der Waals surface area contributed by atoms with Gasteiger partial charge in [0.2, 0.25) is 0 Å². The van der Waals surface area contributed by atoms with Crippen LogP contribution in [0.3, 0.4) is 0 Å². The van der Waals surface area contributed by atoms with Crippen molar-refractivity contribution >= 4 is 27.4 Å². The fourth-order valence-corrected chi connectivity index (χ4v) is 4.33. The van der Waals surface area contributed by atoms with Gasteiger partial charge in [0.25, 0.3) is 0 Å². The lowest BCUT2D eigenvalue weighted by Crippen LogP contribution is -2.35. The minimum Gasteiger partial charge on any atom is -0.396 e. The molecule has 3 aromatic heterocycles. The average Bonchev–Trinajstić information content (AvgIpc) is 3.16. The zero-order chi connectivity index (χ0) is 17.1. The van der Waals surface area contributed by atoms with Crippen molar-refractivity contribution in [2.75, 3.05) is 18.5 Å². The van der Waals surface area contributed by atoms with Crippen LogP contribution in [0.15, 0.2) is 35.8 Å². The van der Waals surface area contributed by atoms with Crippen LogP contribution in [0.4, 0.5) is 5.82 Å². The Hall–Kier alpha value is -2.05. The Labute approximate surface area is 151 Å². The van der Waals surface area contributed by atoms with Gasteiger partial charge in [0.05, 0.1) is 12.0 Å². The average molecular weight is 354 g/mol. The Bertz CT molecular complexity index is 843. The van der Waals surface area contributed by atoms with Crippen molar-refractivity contribution in [1.82, 2.24) is 15.0 Å². The summed E-state index contributed by atoms with van der Waals surface area (Å²) in [5.41, 5.74) is 0.742. The number of aromatic nitrogens is 3. The second-order valence-electron chi connectivity index (χ2n) is 6.82. The maximum atomic E-state index is 9.94. The van der Waals surface area contributed by atoms with Crippen molar-refractivity contribution in [2.24, 2.45) is 5.41 Å². The number of nitrogens with zero attached hydrogens (tertiary/aromatic N) is 3. The molecule has 0 aliphatic heterocycles. The summed E-state index contributed by atoms with van der Waals surface area (Å²) >= 11 is 1.61. The van der Waals surface area contributed by atoms with Gasteiger partial charge in [0.1, 0.15) is 16.3 Å². The van der Waals surface area contributed by atoms with Gasteiger partial charge >= 0.3 is 0 Å². The fraction of sp³-hybridized carbons (Fsp3) is 0.421. The maximum Gasteiger partial charge on any atom is 0.181 e. The van der Waals surface area contributed by atoms with Gasteiger partial charge in [-0.2, -0.15) is 0 Å². The van der Waals surface area contributed by atoms with E-state index < -0.39 is 0 Å². The Balaban J connectivity index is 1.65. The zero-order valence-corrected chi connectivity index (χ0v) is 14.9. The molecular formula is C19H22N4OS. The first-order valence-corrected chi connectivity index (χ1v) is 9.69. The highest BCUT2D eigenvalue weighted by molar-refractivity contribution is 7.16. The van der Waals surface area contributed by atoms with E-state index in [9.17, 15) is 5.11 Å². The lowest BCUT2D eigenvalue weighted by molar-refractivity contribution is 0.0943. The van der Waals surface area contributed by atoms with E-state index in [1.807, 2.05) is 23.6 Å². The molecule has 1 aliphatic rings. The van der Waals surface area contributed by atoms with Crippen molar-refractivity contribution in [3.8, 4) is 11.5 Å². The van der Waals surface area contributed by atoms with E-state index in [0.29, 0.717) is 5.82 Å². The fourth-order valence-electron chi connectivity index (χ4n) is 3.56. The number of pyridine rings is 1. The lowest BCUT2D eigenvalue weighted by Gasteiger charge is -2.35. The largest absolute Gasteiger partial charge is 0.396 e. The summed E-state index contributed by atoms with van der Waals surface area (Å²) in [5.74, 6) is 1.48. The summed E-state index contributed by atoms with van der Waals surface area (Å²) in [7, 11) is 0. The molecule has 3 aromatic rings. The van der Waals surface area contributed by atoms with Gasteiger partial charge in [-0.3, -0.25) is 4.98 Å². The molecule has 0 amide bonds. The van der Waals surface area contributed by atoms with E-state index in [0.717, 1.165) is 41.1 Å². The summed E-state index contributed by atoms with van der Waals surface area (Å²) in [4.78, 5) is 14.7. The molecular weight excluding hydrogens is 332 g/mol. The first-order chi connectivity index (χ1) is 12.3. The third-order valence-corrected chi connectivity index (χ3v) is 5.91.